The number of rotatable bonds is 4. The first kappa shape index (κ1) is 17.4. The van der Waals surface area contributed by atoms with Crippen molar-refractivity contribution in [1.82, 2.24) is 0 Å². The predicted octanol–water partition coefficient (Wildman–Crippen LogP) is 1.39. The highest BCUT2D eigenvalue weighted by Gasteiger charge is 2.68. The Morgan fingerprint density at radius 2 is 1.83 bits per heavy atom. The van der Waals surface area contributed by atoms with E-state index in [4.69, 9.17) is 23.7 Å². The Morgan fingerprint density at radius 3 is 2.35 bits per heavy atom. The third-order valence-corrected chi connectivity index (χ3v) is 5.78. The van der Waals surface area contributed by atoms with Gasteiger partial charge >= 0.3 is 0 Å². The smallest absolute Gasteiger partial charge is 0.223 e. The summed E-state index contributed by atoms with van der Waals surface area (Å²) < 4.78 is 28.4. The number of thioether (sulfide) groups is 1. The maximum Gasteiger partial charge on any atom is 0.223 e. The zero-order chi connectivity index (χ0) is 17.0. The number of hydrogen-bond acceptors (Lipinski definition) is 8. The molecule has 9 heteroatoms. The molecular formula is C14H23NO7S. The molecule has 0 amide bonds. The van der Waals surface area contributed by atoms with E-state index in [-0.39, 0.29) is 11.5 Å². The van der Waals surface area contributed by atoms with Gasteiger partial charge in [-0.2, -0.15) is 0 Å². The van der Waals surface area contributed by atoms with Crippen molar-refractivity contribution in [3.63, 3.8) is 0 Å². The molecule has 0 aliphatic carbocycles. The van der Waals surface area contributed by atoms with Crippen LogP contribution in [0.2, 0.25) is 0 Å². The highest BCUT2D eigenvalue weighted by molar-refractivity contribution is 8.00. The standard InChI is InChI=1S/C14H23NO7S/c1-12(2)18-6-8(20-12)9-14(23-5,7-15(16)17)10-11(19-9)22-13(3,4)21-10/h8-11H,6-7H2,1-5H3/t8-,9-,10+,11-,14+/m1/s1. The predicted molar refractivity (Wildman–Crippen MR) is 81.7 cm³/mol. The van der Waals surface area contributed by atoms with E-state index in [9.17, 15) is 10.1 Å². The molecule has 132 valence electrons. The minimum Gasteiger partial charge on any atom is -0.348 e. The maximum absolute atomic E-state index is 11.3. The van der Waals surface area contributed by atoms with E-state index >= 15 is 0 Å². The lowest BCUT2D eigenvalue weighted by atomic mass is 9.93. The van der Waals surface area contributed by atoms with Crippen molar-refractivity contribution in [2.45, 2.75) is 68.6 Å². The topological polar surface area (TPSA) is 89.3 Å². The number of hydrogen-bond donors (Lipinski definition) is 0. The molecule has 23 heavy (non-hydrogen) atoms. The van der Waals surface area contributed by atoms with Gasteiger partial charge in [-0.05, 0) is 34.0 Å². The van der Waals surface area contributed by atoms with E-state index in [0.717, 1.165) is 0 Å². The highest BCUT2D eigenvalue weighted by Crippen LogP contribution is 2.51. The summed E-state index contributed by atoms with van der Waals surface area (Å²) in [6, 6.07) is 0. The van der Waals surface area contributed by atoms with Crippen LogP contribution in [0.1, 0.15) is 27.7 Å². The molecule has 0 unspecified atom stereocenters. The largest absolute Gasteiger partial charge is 0.348 e. The summed E-state index contributed by atoms with van der Waals surface area (Å²) in [7, 11) is 0. The summed E-state index contributed by atoms with van der Waals surface area (Å²) in [5.41, 5.74) is 0. The fraction of sp³-hybridized carbons (Fsp3) is 1.00. The maximum atomic E-state index is 11.3. The van der Waals surface area contributed by atoms with E-state index in [1.165, 1.54) is 11.8 Å². The lowest BCUT2D eigenvalue weighted by molar-refractivity contribution is -0.488. The average Bonchev–Trinajstić information content (AvgIpc) is 3.00. The minimum atomic E-state index is -0.892. The Kier molecular flexibility index (Phi) is 4.18. The number of fused-ring (bicyclic) bond motifs is 1. The van der Waals surface area contributed by atoms with Gasteiger partial charge in [-0.1, -0.05) is 0 Å². The molecule has 0 aromatic heterocycles. The van der Waals surface area contributed by atoms with Gasteiger partial charge in [-0.15, -0.1) is 11.8 Å². The van der Waals surface area contributed by atoms with Crippen LogP contribution in [0.4, 0.5) is 0 Å². The highest BCUT2D eigenvalue weighted by atomic mass is 32.2. The molecule has 0 aromatic rings. The van der Waals surface area contributed by atoms with Gasteiger partial charge in [0.1, 0.15) is 23.1 Å². The Labute approximate surface area is 139 Å². The number of ether oxygens (including phenoxy) is 5. The quantitative estimate of drug-likeness (QED) is 0.556. The monoisotopic (exact) mass is 349 g/mol. The van der Waals surface area contributed by atoms with Gasteiger partial charge in [0.05, 0.1) is 6.61 Å². The summed E-state index contributed by atoms with van der Waals surface area (Å²) >= 11 is 1.37. The summed E-state index contributed by atoms with van der Waals surface area (Å²) in [6.07, 6.45) is -0.295. The lowest BCUT2D eigenvalue weighted by Gasteiger charge is -2.35. The second kappa shape index (κ2) is 5.53. The van der Waals surface area contributed by atoms with Gasteiger partial charge in [0.2, 0.25) is 6.54 Å². The molecule has 0 spiro atoms. The zero-order valence-corrected chi connectivity index (χ0v) is 14.8. The van der Waals surface area contributed by atoms with Crippen LogP contribution in [-0.4, -0.2) is 65.3 Å². The van der Waals surface area contributed by atoms with Gasteiger partial charge in [-0.3, -0.25) is 10.1 Å². The van der Waals surface area contributed by atoms with Crippen LogP contribution in [0.15, 0.2) is 0 Å². The molecule has 0 N–H and O–H groups in total. The molecule has 8 nitrogen and oxygen atoms in total. The van der Waals surface area contributed by atoms with Crippen LogP contribution in [0.25, 0.3) is 0 Å². The van der Waals surface area contributed by atoms with E-state index in [1.807, 2.05) is 20.1 Å². The molecule has 5 atom stereocenters. The van der Waals surface area contributed by atoms with Crippen LogP contribution in [0, 0.1) is 10.1 Å². The molecule has 3 saturated heterocycles. The zero-order valence-electron chi connectivity index (χ0n) is 13.9. The van der Waals surface area contributed by atoms with Gasteiger partial charge in [0, 0.05) is 4.92 Å². The number of nitrogens with zero attached hydrogens (tertiary/aromatic N) is 1. The third kappa shape index (κ3) is 2.98. The van der Waals surface area contributed by atoms with E-state index in [1.54, 1.807) is 13.8 Å². The molecule has 0 radical (unpaired) electrons. The molecule has 0 aromatic carbocycles. The first-order valence-electron chi connectivity index (χ1n) is 7.58. The van der Waals surface area contributed by atoms with Crippen molar-refractivity contribution in [1.29, 1.82) is 0 Å². The van der Waals surface area contributed by atoms with E-state index in [0.29, 0.717) is 6.61 Å². The molecule has 0 bridgehead atoms. The van der Waals surface area contributed by atoms with Crippen LogP contribution in [0.5, 0.6) is 0 Å². The van der Waals surface area contributed by atoms with Crippen molar-refractivity contribution in [2.75, 3.05) is 19.4 Å². The van der Waals surface area contributed by atoms with Crippen molar-refractivity contribution in [3.8, 4) is 0 Å². The van der Waals surface area contributed by atoms with Gasteiger partial charge in [-0.25, -0.2) is 0 Å². The van der Waals surface area contributed by atoms with Gasteiger partial charge in [0.25, 0.3) is 0 Å². The molecule has 3 fully saturated rings. The SMILES string of the molecule is CS[C@@]1(C[N+](=O)[O-])[C@@H]([C@H]2COC(C)(C)O2)O[C@@H]2OC(C)(C)O[C@@H]21. The normalized spacial score (nSPS) is 44.4. The van der Waals surface area contributed by atoms with E-state index in [2.05, 4.69) is 0 Å². The molecule has 3 rings (SSSR count). The second-order valence-electron chi connectivity index (χ2n) is 7.00. The summed E-state index contributed by atoms with van der Waals surface area (Å²) in [6.45, 7) is 7.21. The molecular weight excluding hydrogens is 326 g/mol. The third-order valence-electron chi connectivity index (χ3n) is 4.43. The van der Waals surface area contributed by atoms with Crippen LogP contribution >= 0.6 is 11.8 Å². The van der Waals surface area contributed by atoms with Crippen LogP contribution < -0.4 is 0 Å². The summed E-state index contributed by atoms with van der Waals surface area (Å²) in [5, 5.41) is 11.3. The van der Waals surface area contributed by atoms with Crippen LogP contribution in [-0.2, 0) is 23.7 Å². The molecule has 3 heterocycles. The molecule has 0 saturated carbocycles. The van der Waals surface area contributed by atoms with Crippen molar-refractivity contribution >= 4 is 11.8 Å². The minimum absolute atomic E-state index is 0.292. The Morgan fingerprint density at radius 1 is 1.13 bits per heavy atom. The Bertz CT molecular complexity index is 500. The van der Waals surface area contributed by atoms with E-state index < -0.39 is 40.9 Å². The molecule has 3 aliphatic rings. The van der Waals surface area contributed by atoms with Crippen molar-refractivity contribution in [2.24, 2.45) is 0 Å². The van der Waals surface area contributed by atoms with Crippen molar-refractivity contribution in [3.05, 3.63) is 10.1 Å². The average molecular weight is 349 g/mol. The second-order valence-corrected chi connectivity index (χ2v) is 8.17. The Balaban J connectivity index is 1.91. The molecule has 3 aliphatic heterocycles. The summed E-state index contributed by atoms with van der Waals surface area (Å²) in [5.74, 6) is -1.56. The van der Waals surface area contributed by atoms with Crippen molar-refractivity contribution < 1.29 is 28.6 Å². The summed E-state index contributed by atoms with van der Waals surface area (Å²) in [4.78, 5) is 11.0. The Hall–Kier alpha value is -0.450. The lowest BCUT2D eigenvalue weighted by Crippen LogP contribution is -2.55. The number of nitro groups is 1. The first-order valence-corrected chi connectivity index (χ1v) is 8.81. The fourth-order valence-corrected chi connectivity index (χ4v) is 4.59. The van der Waals surface area contributed by atoms with Gasteiger partial charge < -0.3 is 23.7 Å². The van der Waals surface area contributed by atoms with Gasteiger partial charge in [0.15, 0.2) is 17.9 Å². The first-order chi connectivity index (χ1) is 10.6. The fourth-order valence-electron chi connectivity index (χ4n) is 3.53. The van der Waals surface area contributed by atoms with Crippen LogP contribution in [0.3, 0.4) is 0 Å².